The molecular weight excluding hydrogens is 911 g/mol. The molecular formula is C56H93NO14. The zero-order valence-electron chi connectivity index (χ0n) is 43.9. The summed E-state index contributed by atoms with van der Waals surface area (Å²) in [5.74, 6) is -0.101. The van der Waals surface area contributed by atoms with E-state index in [1.807, 2.05) is 24.3 Å². The van der Waals surface area contributed by atoms with Crippen LogP contribution in [0.5, 0.6) is 0 Å². The monoisotopic (exact) mass is 1000 g/mol. The van der Waals surface area contributed by atoms with E-state index < -0.39 is 0 Å². The molecule has 15 nitrogen and oxygen atoms in total. The van der Waals surface area contributed by atoms with Crippen molar-refractivity contribution in [2.24, 2.45) is 0 Å². The summed E-state index contributed by atoms with van der Waals surface area (Å²) in [7, 11) is 1.71. The molecule has 0 saturated heterocycles. The summed E-state index contributed by atoms with van der Waals surface area (Å²) in [6.45, 7) is 12.5. The predicted octanol–water partition coefficient (Wildman–Crippen LogP) is 9.84. The number of benzene rings is 2. The maximum atomic E-state index is 12.6. The van der Waals surface area contributed by atoms with Crippen molar-refractivity contribution in [1.29, 1.82) is 0 Å². The second kappa shape index (κ2) is 45.4. The van der Waals surface area contributed by atoms with E-state index in [9.17, 15) is 9.59 Å². The van der Waals surface area contributed by atoms with Gasteiger partial charge < -0.3 is 61.7 Å². The molecule has 0 spiro atoms. The van der Waals surface area contributed by atoms with E-state index >= 15 is 0 Å². The second-order valence-electron chi connectivity index (χ2n) is 17.8. The second-order valence-corrected chi connectivity index (χ2v) is 17.8. The van der Waals surface area contributed by atoms with E-state index in [1.54, 1.807) is 7.05 Å². The fourth-order valence-corrected chi connectivity index (χ4v) is 8.01. The van der Waals surface area contributed by atoms with Gasteiger partial charge in [0.15, 0.2) is 0 Å². The molecule has 2 aromatic carbocycles. The molecule has 0 aromatic heterocycles. The molecule has 1 aliphatic carbocycles. The van der Waals surface area contributed by atoms with Crippen LogP contribution in [0.15, 0.2) is 48.5 Å². The first-order chi connectivity index (χ1) is 35.1. The van der Waals surface area contributed by atoms with Gasteiger partial charge in [-0.3, -0.25) is 4.79 Å². The number of amides is 1. The number of carbonyl (C=O) groups excluding carboxylic acids is 2. The standard InChI is InChI=1S/C56H93NO14/c1-3-4-5-6-7-8-9-10-11-12-13-14-15-16-17-26-55(58)70-48-47-69-46-45-68-44-43-67-42-41-66-40-39-65-38-37-64-36-35-63-34-33-62-32-31-61-30-29-60-28-27-57(2)56(59)71-49-54-52-24-20-18-22-50(52)51-23-19-21-25-53(51)54/h18-25,54H,3-17,26-49H2,1-2H3. The lowest BCUT2D eigenvalue weighted by Gasteiger charge is -2.19. The van der Waals surface area contributed by atoms with Crippen LogP contribution in [0.2, 0.25) is 0 Å². The van der Waals surface area contributed by atoms with Crippen molar-refractivity contribution in [2.75, 3.05) is 159 Å². The van der Waals surface area contributed by atoms with Crippen LogP contribution in [0.3, 0.4) is 0 Å². The van der Waals surface area contributed by atoms with Crippen LogP contribution in [0.1, 0.15) is 127 Å². The Kier molecular flexibility index (Phi) is 39.7. The number of nitrogens with zero attached hydrogens (tertiary/aromatic N) is 1. The molecule has 0 unspecified atom stereocenters. The highest BCUT2D eigenvalue weighted by Crippen LogP contribution is 2.44. The summed E-state index contributed by atoms with van der Waals surface area (Å²) in [5.41, 5.74) is 4.79. The Morgan fingerprint density at radius 3 is 1.07 bits per heavy atom. The number of rotatable bonds is 51. The van der Waals surface area contributed by atoms with Crippen molar-refractivity contribution < 1.29 is 66.4 Å². The van der Waals surface area contributed by atoms with Crippen LogP contribution in [0.4, 0.5) is 4.79 Å². The smallest absolute Gasteiger partial charge is 0.409 e. The maximum Gasteiger partial charge on any atom is 0.409 e. The average molecular weight is 1000 g/mol. The molecule has 0 heterocycles. The Bertz CT molecular complexity index is 1510. The van der Waals surface area contributed by atoms with Gasteiger partial charge in [0, 0.05) is 25.9 Å². The van der Waals surface area contributed by atoms with Crippen molar-refractivity contribution in [2.45, 2.75) is 116 Å². The minimum absolute atomic E-state index is 0.0343. The molecule has 0 atom stereocenters. The van der Waals surface area contributed by atoms with Gasteiger partial charge in [-0.2, -0.15) is 0 Å². The van der Waals surface area contributed by atoms with Gasteiger partial charge in [0.2, 0.25) is 0 Å². The Balaban J connectivity index is 0.914. The highest BCUT2D eigenvalue weighted by atomic mass is 16.6. The minimum Gasteiger partial charge on any atom is -0.463 e. The Hall–Kier alpha value is -3.22. The van der Waals surface area contributed by atoms with Crippen LogP contribution < -0.4 is 0 Å². The number of hydrogen-bond acceptors (Lipinski definition) is 14. The van der Waals surface area contributed by atoms with Crippen LogP contribution in [0.25, 0.3) is 11.1 Å². The molecule has 0 bridgehead atoms. The molecule has 406 valence electrons. The average Bonchev–Trinajstić information content (AvgIpc) is 3.71. The van der Waals surface area contributed by atoms with Crippen LogP contribution >= 0.6 is 0 Å². The molecule has 0 aliphatic heterocycles. The van der Waals surface area contributed by atoms with Gasteiger partial charge in [-0.05, 0) is 28.7 Å². The van der Waals surface area contributed by atoms with Crippen LogP contribution in [0, 0.1) is 0 Å². The van der Waals surface area contributed by atoms with Crippen molar-refractivity contribution in [3.63, 3.8) is 0 Å². The van der Waals surface area contributed by atoms with Gasteiger partial charge in [0.25, 0.3) is 0 Å². The van der Waals surface area contributed by atoms with Gasteiger partial charge in [-0.1, -0.05) is 145 Å². The number of fused-ring (bicyclic) bond motifs is 3. The Morgan fingerprint density at radius 1 is 0.394 bits per heavy atom. The third-order valence-corrected chi connectivity index (χ3v) is 12.0. The molecule has 1 amide bonds. The van der Waals surface area contributed by atoms with Crippen LogP contribution in [-0.4, -0.2) is 176 Å². The number of esters is 1. The highest BCUT2D eigenvalue weighted by molar-refractivity contribution is 5.79. The topological polar surface area (TPSA) is 148 Å². The van der Waals surface area contributed by atoms with Crippen LogP contribution in [-0.2, 0) is 61.6 Å². The molecule has 0 N–H and O–H groups in total. The van der Waals surface area contributed by atoms with E-state index in [1.165, 1.54) is 111 Å². The van der Waals surface area contributed by atoms with Gasteiger partial charge in [-0.25, -0.2) is 4.79 Å². The minimum atomic E-state index is -0.366. The molecule has 15 heteroatoms. The molecule has 0 saturated carbocycles. The fraction of sp³-hybridized carbons (Fsp3) is 0.750. The van der Waals surface area contributed by atoms with Crippen molar-refractivity contribution in [1.82, 2.24) is 4.90 Å². The SMILES string of the molecule is CCCCCCCCCCCCCCCCCC(=O)OCCOCCOCCOCCOCCOCCOCCOCCOCCOCCOCCN(C)C(=O)OCC1c2ccccc2-c2ccccc21. The lowest BCUT2D eigenvalue weighted by Crippen LogP contribution is -2.32. The summed E-state index contributed by atoms with van der Waals surface area (Å²) in [6, 6.07) is 16.6. The maximum absolute atomic E-state index is 12.6. The molecule has 3 rings (SSSR count). The molecule has 71 heavy (non-hydrogen) atoms. The molecule has 0 fully saturated rings. The Labute approximate surface area is 427 Å². The van der Waals surface area contributed by atoms with E-state index in [0.717, 1.165) is 12.8 Å². The quantitative estimate of drug-likeness (QED) is 0.0457. The van der Waals surface area contributed by atoms with Gasteiger partial charge in [-0.15, -0.1) is 0 Å². The van der Waals surface area contributed by atoms with E-state index in [0.29, 0.717) is 152 Å². The first-order valence-corrected chi connectivity index (χ1v) is 27.1. The molecule has 1 aliphatic rings. The summed E-state index contributed by atoms with van der Waals surface area (Å²) in [6.07, 6.45) is 19.8. The summed E-state index contributed by atoms with van der Waals surface area (Å²) in [4.78, 5) is 26.1. The molecule has 2 aromatic rings. The first-order valence-electron chi connectivity index (χ1n) is 27.1. The lowest BCUT2D eigenvalue weighted by atomic mass is 9.98. The normalized spacial score (nSPS) is 12.1. The molecule has 0 radical (unpaired) electrons. The fourth-order valence-electron chi connectivity index (χ4n) is 8.01. The highest BCUT2D eigenvalue weighted by Gasteiger charge is 2.29. The number of ether oxygens (including phenoxy) is 12. The van der Waals surface area contributed by atoms with Crippen molar-refractivity contribution in [3.05, 3.63) is 59.7 Å². The first kappa shape index (κ1) is 62.1. The van der Waals surface area contributed by atoms with Gasteiger partial charge in [0.05, 0.1) is 132 Å². The van der Waals surface area contributed by atoms with Crippen molar-refractivity contribution in [3.8, 4) is 11.1 Å². The lowest BCUT2D eigenvalue weighted by molar-refractivity contribution is -0.145. The van der Waals surface area contributed by atoms with E-state index in [2.05, 4.69) is 31.2 Å². The zero-order valence-corrected chi connectivity index (χ0v) is 43.9. The number of likely N-dealkylation sites (N-methyl/N-ethyl adjacent to an activating group) is 1. The summed E-state index contributed by atoms with van der Waals surface area (Å²) in [5, 5.41) is 0. The third-order valence-electron chi connectivity index (χ3n) is 12.0. The number of carbonyl (C=O) groups is 2. The summed E-state index contributed by atoms with van der Waals surface area (Å²) < 4.78 is 66.4. The van der Waals surface area contributed by atoms with Crippen molar-refractivity contribution >= 4 is 12.1 Å². The summed E-state index contributed by atoms with van der Waals surface area (Å²) >= 11 is 0. The predicted molar refractivity (Wildman–Crippen MR) is 276 cm³/mol. The Morgan fingerprint density at radius 2 is 0.704 bits per heavy atom. The largest absolute Gasteiger partial charge is 0.463 e. The van der Waals surface area contributed by atoms with Gasteiger partial charge >= 0.3 is 12.1 Å². The van der Waals surface area contributed by atoms with E-state index in [-0.39, 0.29) is 24.6 Å². The zero-order chi connectivity index (χ0) is 50.3. The van der Waals surface area contributed by atoms with E-state index in [4.69, 9.17) is 56.8 Å². The number of unbranched alkanes of at least 4 members (excludes halogenated alkanes) is 14. The van der Waals surface area contributed by atoms with Gasteiger partial charge in [0.1, 0.15) is 13.2 Å². The number of hydrogen-bond donors (Lipinski definition) is 0. The third kappa shape index (κ3) is 32.6.